The molecule has 6 heteroatoms. The SMILES string of the molecule is CNc1c(N)c(OCCOC)nn1C. The molecule has 1 aromatic heterocycles. The predicted octanol–water partition coefficient (Wildman–Crippen LogP) is 0.0692. The number of rotatable bonds is 5. The lowest BCUT2D eigenvalue weighted by Gasteiger charge is -2.02. The summed E-state index contributed by atoms with van der Waals surface area (Å²) in [6, 6.07) is 0. The molecule has 80 valence electrons. The molecular formula is C8H16N4O2. The van der Waals surface area contributed by atoms with Gasteiger partial charge in [0.1, 0.15) is 12.3 Å². The van der Waals surface area contributed by atoms with Gasteiger partial charge in [0.25, 0.3) is 5.88 Å². The standard InChI is InChI=1S/C8H16N4O2/c1-10-7-6(9)8(11-12(7)2)14-5-4-13-3/h10H,4-5,9H2,1-3H3. The molecule has 0 saturated carbocycles. The minimum atomic E-state index is 0.439. The summed E-state index contributed by atoms with van der Waals surface area (Å²) >= 11 is 0. The highest BCUT2D eigenvalue weighted by Gasteiger charge is 2.12. The van der Waals surface area contributed by atoms with Crippen molar-refractivity contribution in [1.29, 1.82) is 0 Å². The molecule has 0 aliphatic rings. The van der Waals surface area contributed by atoms with Gasteiger partial charge in [0.05, 0.1) is 6.61 Å². The second kappa shape index (κ2) is 4.71. The van der Waals surface area contributed by atoms with Gasteiger partial charge in [0.2, 0.25) is 0 Å². The fraction of sp³-hybridized carbons (Fsp3) is 0.625. The van der Waals surface area contributed by atoms with Crippen LogP contribution < -0.4 is 15.8 Å². The lowest BCUT2D eigenvalue weighted by molar-refractivity contribution is 0.143. The Morgan fingerprint density at radius 3 is 2.71 bits per heavy atom. The van der Waals surface area contributed by atoms with Gasteiger partial charge in [-0.3, -0.25) is 0 Å². The van der Waals surface area contributed by atoms with Crippen LogP contribution in [-0.4, -0.2) is 37.2 Å². The number of nitrogens with zero attached hydrogens (tertiary/aromatic N) is 2. The maximum atomic E-state index is 5.79. The smallest absolute Gasteiger partial charge is 0.258 e. The van der Waals surface area contributed by atoms with Crippen molar-refractivity contribution >= 4 is 11.5 Å². The summed E-state index contributed by atoms with van der Waals surface area (Å²) in [5, 5.41) is 7.04. The van der Waals surface area contributed by atoms with Crippen LogP contribution in [0, 0.1) is 0 Å². The normalized spacial score (nSPS) is 10.2. The highest BCUT2D eigenvalue weighted by Crippen LogP contribution is 2.27. The van der Waals surface area contributed by atoms with Crippen LogP contribution in [0.15, 0.2) is 0 Å². The van der Waals surface area contributed by atoms with E-state index in [1.807, 2.05) is 0 Å². The first-order chi connectivity index (χ1) is 6.70. The quantitative estimate of drug-likeness (QED) is 0.658. The van der Waals surface area contributed by atoms with Gasteiger partial charge in [-0.15, -0.1) is 5.10 Å². The van der Waals surface area contributed by atoms with Crippen molar-refractivity contribution in [3.05, 3.63) is 0 Å². The van der Waals surface area contributed by atoms with Gasteiger partial charge >= 0.3 is 0 Å². The van der Waals surface area contributed by atoms with Gasteiger partial charge in [-0.05, 0) is 0 Å². The average Bonchev–Trinajstić information content (AvgIpc) is 2.42. The second-order valence-corrected chi connectivity index (χ2v) is 2.78. The summed E-state index contributed by atoms with van der Waals surface area (Å²) in [6.07, 6.45) is 0. The zero-order valence-corrected chi connectivity index (χ0v) is 8.70. The van der Waals surface area contributed by atoms with Crippen LogP contribution in [0.25, 0.3) is 0 Å². The van der Waals surface area contributed by atoms with E-state index in [0.717, 1.165) is 5.82 Å². The number of aryl methyl sites for hydroxylation is 1. The molecule has 14 heavy (non-hydrogen) atoms. The van der Waals surface area contributed by atoms with E-state index in [2.05, 4.69) is 10.4 Å². The van der Waals surface area contributed by atoms with Crippen molar-refractivity contribution in [2.75, 3.05) is 38.4 Å². The van der Waals surface area contributed by atoms with E-state index in [1.54, 1.807) is 25.9 Å². The van der Waals surface area contributed by atoms with Crippen molar-refractivity contribution in [3.63, 3.8) is 0 Å². The summed E-state index contributed by atoms with van der Waals surface area (Å²) in [4.78, 5) is 0. The molecule has 0 fully saturated rings. The molecule has 0 spiro atoms. The third-order valence-corrected chi connectivity index (χ3v) is 1.81. The second-order valence-electron chi connectivity index (χ2n) is 2.78. The van der Waals surface area contributed by atoms with E-state index in [4.69, 9.17) is 15.2 Å². The predicted molar refractivity (Wildman–Crippen MR) is 54.5 cm³/mol. The van der Waals surface area contributed by atoms with E-state index >= 15 is 0 Å². The van der Waals surface area contributed by atoms with Gasteiger partial charge < -0.3 is 20.5 Å². The fourth-order valence-corrected chi connectivity index (χ4v) is 1.14. The van der Waals surface area contributed by atoms with Crippen LogP contribution in [0.2, 0.25) is 0 Å². The number of ether oxygens (including phenoxy) is 2. The van der Waals surface area contributed by atoms with Crippen molar-refractivity contribution in [2.45, 2.75) is 0 Å². The molecule has 0 bridgehead atoms. The Labute approximate surface area is 83.0 Å². The third-order valence-electron chi connectivity index (χ3n) is 1.81. The highest BCUT2D eigenvalue weighted by atomic mass is 16.5. The number of aromatic nitrogens is 2. The zero-order chi connectivity index (χ0) is 10.6. The summed E-state index contributed by atoms with van der Waals surface area (Å²) in [7, 11) is 5.20. The van der Waals surface area contributed by atoms with Crippen LogP contribution >= 0.6 is 0 Å². The number of nitrogens with one attached hydrogen (secondary N) is 1. The number of hydrogen-bond acceptors (Lipinski definition) is 5. The monoisotopic (exact) mass is 200 g/mol. The van der Waals surface area contributed by atoms with Crippen molar-refractivity contribution in [1.82, 2.24) is 9.78 Å². The number of methoxy groups -OCH3 is 1. The summed E-state index contributed by atoms with van der Waals surface area (Å²) in [6.45, 7) is 0.964. The van der Waals surface area contributed by atoms with Crippen molar-refractivity contribution < 1.29 is 9.47 Å². The number of anilines is 2. The van der Waals surface area contributed by atoms with Gasteiger partial charge in [0.15, 0.2) is 5.82 Å². The molecule has 0 aromatic carbocycles. The van der Waals surface area contributed by atoms with E-state index in [1.165, 1.54) is 0 Å². The molecule has 0 radical (unpaired) electrons. The molecule has 1 aromatic rings. The minimum Gasteiger partial charge on any atom is -0.473 e. The van der Waals surface area contributed by atoms with E-state index in [9.17, 15) is 0 Å². The van der Waals surface area contributed by atoms with Gasteiger partial charge in [-0.25, -0.2) is 4.68 Å². The van der Waals surface area contributed by atoms with Crippen molar-refractivity contribution in [3.8, 4) is 5.88 Å². The molecule has 1 rings (SSSR count). The Kier molecular flexibility index (Phi) is 3.58. The van der Waals surface area contributed by atoms with Crippen LogP contribution in [-0.2, 0) is 11.8 Å². The molecule has 1 heterocycles. The molecule has 6 nitrogen and oxygen atoms in total. The Morgan fingerprint density at radius 2 is 2.21 bits per heavy atom. The molecule has 0 aliphatic carbocycles. The minimum absolute atomic E-state index is 0.439. The third kappa shape index (κ3) is 2.08. The topological polar surface area (TPSA) is 74.3 Å². The number of nitrogen functional groups attached to an aromatic ring is 1. The Balaban J connectivity index is 2.68. The van der Waals surface area contributed by atoms with Gasteiger partial charge in [0, 0.05) is 21.2 Å². The first kappa shape index (κ1) is 10.6. The Morgan fingerprint density at radius 1 is 1.50 bits per heavy atom. The van der Waals surface area contributed by atoms with Crippen LogP contribution in [0.4, 0.5) is 11.5 Å². The van der Waals surface area contributed by atoms with Crippen LogP contribution in [0.3, 0.4) is 0 Å². The average molecular weight is 200 g/mol. The molecule has 3 N–H and O–H groups in total. The molecule has 0 saturated heterocycles. The van der Waals surface area contributed by atoms with Gasteiger partial charge in [-0.1, -0.05) is 0 Å². The molecular weight excluding hydrogens is 184 g/mol. The first-order valence-electron chi connectivity index (χ1n) is 4.32. The largest absolute Gasteiger partial charge is 0.473 e. The summed E-state index contributed by atoms with van der Waals surface area (Å²) < 4.78 is 11.8. The maximum Gasteiger partial charge on any atom is 0.258 e. The molecule has 0 amide bonds. The van der Waals surface area contributed by atoms with Crippen LogP contribution in [0.5, 0.6) is 5.88 Å². The van der Waals surface area contributed by atoms with E-state index in [-0.39, 0.29) is 0 Å². The van der Waals surface area contributed by atoms with Gasteiger partial charge in [-0.2, -0.15) is 0 Å². The molecule has 0 atom stereocenters. The first-order valence-corrected chi connectivity index (χ1v) is 4.32. The highest BCUT2D eigenvalue weighted by molar-refractivity contribution is 5.67. The molecule has 0 aliphatic heterocycles. The molecule has 0 unspecified atom stereocenters. The lowest BCUT2D eigenvalue weighted by atomic mass is 10.5. The lowest BCUT2D eigenvalue weighted by Crippen LogP contribution is -2.05. The summed E-state index contributed by atoms with van der Waals surface area (Å²) in [5.41, 5.74) is 6.30. The maximum absolute atomic E-state index is 5.79. The Bertz CT molecular complexity index is 298. The zero-order valence-electron chi connectivity index (χ0n) is 8.70. The summed E-state index contributed by atoms with van der Waals surface area (Å²) in [5.74, 6) is 1.19. The fourth-order valence-electron chi connectivity index (χ4n) is 1.14. The van der Waals surface area contributed by atoms with Crippen molar-refractivity contribution in [2.24, 2.45) is 7.05 Å². The van der Waals surface area contributed by atoms with E-state index < -0.39 is 0 Å². The number of nitrogens with two attached hydrogens (primary N) is 1. The van der Waals surface area contributed by atoms with Crippen LogP contribution in [0.1, 0.15) is 0 Å². The number of hydrogen-bond donors (Lipinski definition) is 2. The van der Waals surface area contributed by atoms with E-state index in [0.29, 0.717) is 24.8 Å². The Hall–Kier alpha value is -1.43.